The molecule has 2 heterocycles. The highest BCUT2D eigenvalue weighted by atomic mass is 16.5. The molecule has 0 fully saturated rings. The summed E-state index contributed by atoms with van der Waals surface area (Å²) in [6.45, 7) is 5.65. The molecule has 0 aliphatic heterocycles. The third-order valence-electron chi connectivity index (χ3n) is 5.92. The van der Waals surface area contributed by atoms with Gasteiger partial charge in [0, 0.05) is 36.2 Å². The summed E-state index contributed by atoms with van der Waals surface area (Å²) in [5.41, 5.74) is 8.26. The fourth-order valence-corrected chi connectivity index (χ4v) is 4.16. The van der Waals surface area contributed by atoms with Crippen LogP contribution in [0.5, 0.6) is 0 Å². The van der Waals surface area contributed by atoms with Crippen molar-refractivity contribution in [2.75, 3.05) is 22.5 Å². The van der Waals surface area contributed by atoms with Gasteiger partial charge in [-0.1, -0.05) is 18.2 Å². The fraction of sp³-hybridized carbons (Fsp3) is 0.179. The Morgan fingerprint density at radius 3 is 2.28 bits per heavy atom. The van der Waals surface area contributed by atoms with Gasteiger partial charge >= 0.3 is 0 Å². The van der Waals surface area contributed by atoms with E-state index < -0.39 is 17.7 Å². The molecule has 0 atom stereocenters. The standard InChI is InChI=1S/C28H28N6O5/c1-5-30-23-21(13-15(2)31-24(23)27(37)33-20-8-6-7-18(14-20)25(29)35)26(36)32-19-11-9-17(10-12-19)22-16(3)39-34(4)28(22)38/h6-14,30H,5H2,1-4H3,(H2,29,35)(H,32,36)(H,33,37). The van der Waals surface area contributed by atoms with E-state index in [1.165, 1.54) is 12.1 Å². The van der Waals surface area contributed by atoms with E-state index in [-0.39, 0.29) is 28.1 Å². The third kappa shape index (κ3) is 5.72. The summed E-state index contributed by atoms with van der Waals surface area (Å²) >= 11 is 0. The number of aryl methyl sites for hydroxylation is 3. The zero-order valence-corrected chi connectivity index (χ0v) is 21.9. The number of primary amides is 1. The van der Waals surface area contributed by atoms with Crippen LogP contribution in [-0.4, -0.2) is 34.0 Å². The van der Waals surface area contributed by atoms with Crippen LogP contribution in [0.2, 0.25) is 0 Å². The number of hydrogen-bond acceptors (Lipinski definition) is 7. The number of benzene rings is 2. The predicted molar refractivity (Wildman–Crippen MR) is 148 cm³/mol. The SMILES string of the molecule is CCNc1c(C(=O)Nc2ccc(-c3c(C)on(C)c3=O)cc2)cc(C)nc1C(=O)Nc1cccc(C(N)=O)c1. The average molecular weight is 529 g/mol. The van der Waals surface area contributed by atoms with Crippen LogP contribution in [0.4, 0.5) is 17.1 Å². The van der Waals surface area contributed by atoms with E-state index in [0.717, 1.165) is 4.74 Å². The molecule has 0 aliphatic rings. The van der Waals surface area contributed by atoms with Crippen molar-refractivity contribution in [2.45, 2.75) is 20.8 Å². The van der Waals surface area contributed by atoms with Gasteiger partial charge in [-0.25, -0.2) is 4.98 Å². The van der Waals surface area contributed by atoms with Crippen molar-refractivity contribution in [3.63, 3.8) is 0 Å². The number of amides is 3. The lowest BCUT2D eigenvalue weighted by molar-refractivity contribution is 0.0994. The molecule has 200 valence electrons. The Labute approximate surface area is 224 Å². The van der Waals surface area contributed by atoms with Crippen molar-refractivity contribution in [1.29, 1.82) is 0 Å². The van der Waals surface area contributed by atoms with Crippen LogP contribution in [0.25, 0.3) is 11.1 Å². The Morgan fingerprint density at radius 1 is 0.974 bits per heavy atom. The van der Waals surface area contributed by atoms with E-state index in [1.807, 2.05) is 6.92 Å². The van der Waals surface area contributed by atoms with Gasteiger partial charge in [0.05, 0.1) is 16.8 Å². The summed E-state index contributed by atoms with van der Waals surface area (Å²) in [6.07, 6.45) is 0. The molecule has 2 aromatic carbocycles. The number of nitrogens with two attached hydrogens (primary N) is 1. The molecule has 0 saturated heterocycles. The van der Waals surface area contributed by atoms with E-state index in [9.17, 15) is 19.2 Å². The van der Waals surface area contributed by atoms with Crippen LogP contribution in [0, 0.1) is 13.8 Å². The lowest BCUT2D eigenvalue weighted by atomic mass is 10.1. The molecular weight excluding hydrogens is 500 g/mol. The second kappa shape index (κ2) is 11.1. The van der Waals surface area contributed by atoms with Gasteiger partial charge in [-0.15, -0.1) is 0 Å². The van der Waals surface area contributed by atoms with E-state index in [0.29, 0.717) is 40.5 Å². The lowest BCUT2D eigenvalue weighted by Crippen LogP contribution is -2.22. The van der Waals surface area contributed by atoms with Gasteiger partial charge in [0.1, 0.15) is 5.76 Å². The summed E-state index contributed by atoms with van der Waals surface area (Å²) in [7, 11) is 1.54. The second-order valence-corrected chi connectivity index (χ2v) is 8.82. The first-order valence-corrected chi connectivity index (χ1v) is 12.1. The van der Waals surface area contributed by atoms with Crippen molar-refractivity contribution in [2.24, 2.45) is 12.8 Å². The van der Waals surface area contributed by atoms with Crippen molar-refractivity contribution in [3.05, 3.63) is 93.2 Å². The number of hydrogen-bond donors (Lipinski definition) is 4. The molecule has 4 aromatic rings. The quantitative estimate of drug-likeness (QED) is 0.271. The Balaban J connectivity index is 1.62. The maximum atomic E-state index is 13.4. The predicted octanol–water partition coefficient (Wildman–Crippen LogP) is 3.69. The first-order valence-electron chi connectivity index (χ1n) is 12.1. The van der Waals surface area contributed by atoms with Gasteiger partial charge in [0.25, 0.3) is 17.4 Å². The summed E-state index contributed by atoms with van der Waals surface area (Å²) < 4.78 is 6.52. The number of aromatic nitrogens is 2. The van der Waals surface area contributed by atoms with Gasteiger partial charge in [0.2, 0.25) is 5.91 Å². The minimum absolute atomic E-state index is 0.0214. The highest BCUT2D eigenvalue weighted by Gasteiger charge is 2.22. The molecule has 0 radical (unpaired) electrons. The van der Waals surface area contributed by atoms with Gasteiger partial charge in [-0.2, -0.15) is 4.74 Å². The van der Waals surface area contributed by atoms with Crippen LogP contribution >= 0.6 is 0 Å². The van der Waals surface area contributed by atoms with E-state index in [4.69, 9.17) is 10.3 Å². The van der Waals surface area contributed by atoms with Crippen molar-refractivity contribution < 1.29 is 18.9 Å². The lowest BCUT2D eigenvalue weighted by Gasteiger charge is -2.16. The normalized spacial score (nSPS) is 10.7. The Kier molecular flexibility index (Phi) is 7.61. The molecule has 3 amide bonds. The van der Waals surface area contributed by atoms with Crippen LogP contribution in [-0.2, 0) is 7.05 Å². The van der Waals surface area contributed by atoms with Gasteiger partial charge in [-0.05, 0) is 62.7 Å². The molecule has 0 saturated carbocycles. The van der Waals surface area contributed by atoms with Crippen molar-refractivity contribution >= 4 is 34.8 Å². The summed E-state index contributed by atoms with van der Waals surface area (Å²) in [6, 6.07) is 14.6. The Morgan fingerprint density at radius 2 is 1.67 bits per heavy atom. The number of nitrogens with zero attached hydrogens (tertiary/aromatic N) is 2. The number of carbonyl (C=O) groups is 3. The van der Waals surface area contributed by atoms with E-state index in [2.05, 4.69) is 20.9 Å². The molecule has 11 nitrogen and oxygen atoms in total. The molecule has 11 heteroatoms. The van der Waals surface area contributed by atoms with E-state index >= 15 is 0 Å². The highest BCUT2D eigenvalue weighted by molar-refractivity contribution is 6.14. The molecule has 5 N–H and O–H groups in total. The smallest absolute Gasteiger partial charge is 0.290 e. The monoisotopic (exact) mass is 528 g/mol. The molecule has 2 aromatic heterocycles. The molecule has 0 bridgehead atoms. The van der Waals surface area contributed by atoms with Crippen LogP contribution in [0.15, 0.2) is 63.9 Å². The maximum absolute atomic E-state index is 13.4. The average Bonchev–Trinajstić information content (AvgIpc) is 3.16. The number of nitrogens with one attached hydrogen (secondary N) is 3. The molecule has 39 heavy (non-hydrogen) atoms. The largest absolute Gasteiger partial charge is 0.383 e. The molecular formula is C28H28N6O5. The number of carbonyl (C=O) groups excluding carboxylic acids is 3. The zero-order valence-electron chi connectivity index (χ0n) is 21.9. The minimum atomic E-state index is -0.623. The van der Waals surface area contributed by atoms with E-state index in [1.54, 1.807) is 63.4 Å². The van der Waals surface area contributed by atoms with Gasteiger partial charge < -0.3 is 26.2 Å². The highest BCUT2D eigenvalue weighted by Crippen LogP contribution is 2.26. The van der Waals surface area contributed by atoms with Crippen molar-refractivity contribution in [1.82, 2.24) is 9.72 Å². The molecule has 0 unspecified atom stereocenters. The first-order chi connectivity index (χ1) is 18.6. The van der Waals surface area contributed by atoms with Crippen LogP contribution < -0.4 is 27.2 Å². The minimum Gasteiger partial charge on any atom is -0.383 e. The third-order valence-corrected chi connectivity index (χ3v) is 5.92. The maximum Gasteiger partial charge on any atom is 0.290 e. The number of anilines is 3. The number of pyridine rings is 1. The van der Waals surface area contributed by atoms with Gasteiger partial charge in [0.15, 0.2) is 5.69 Å². The summed E-state index contributed by atoms with van der Waals surface area (Å²) in [4.78, 5) is 54.8. The number of rotatable bonds is 8. The first kappa shape index (κ1) is 26.9. The summed E-state index contributed by atoms with van der Waals surface area (Å²) in [5, 5.41) is 8.62. The second-order valence-electron chi connectivity index (χ2n) is 8.82. The molecule has 4 rings (SSSR count). The van der Waals surface area contributed by atoms with Crippen LogP contribution in [0.3, 0.4) is 0 Å². The molecule has 0 aliphatic carbocycles. The van der Waals surface area contributed by atoms with Crippen molar-refractivity contribution in [3.8, 4) is 11.1 Å². The Bertz CT molecular complexity index is 1640. The van der Waals surface area contributed by atoms with Crippen LogP contribution in [0.1, 0.15) is 49.6 Å². The molecule has 0 spiro atoms. The van der Waals surface area contributed by atoms with Gasteiger partial charge in [-0.3, -0.25) is 19.2 Å². The topological polar surface area (TPSA) is 161 Å². The Hall–Kier alpha value is -5.19. The zero-order chi connectivity index (χ0) is 28.3. The summed E-state index contributed by atoms with van der Waals surface area (Å²) in [5.74, 6) is -1.15. The fourth-order valence-electron chi connectivity index (χ4n) is 4.16.